The lowest BCUT2D eigenvalue weighted by molar-refractivity contribution is 0.0550. The summed E-state index contributed by atoms with van der Waals surface area (Å²) in [4.78, 5) is 0. The minimum Gasteiger partial charge on any atom is -0.396 e. The molecule has 0 fully saturated rings. The lowest BCUT2D eigenvalue weighted by Crippen LogP contribution is -2.39. The molecule has 0 radical (unpaired) electrons. The topological polar surface area (TPSA) is 40.5 Å². The minimum atomic E-state index is -0.499. The molecule has 0 spiro atoms. The Morgan fingerprint density at radius 3 is 2.35 bits per heavy atom. The second kappa shape index (κ2) is 6.43. The molecular weight excluding hydrogens is 232 g/mol. The van der Waals surface area contributed by atoms with E-state index in [1.807, 2.05) is 39.0 Å². The van der Waals surface area contributed by atoms with Crippen LogP contribution in [0.15, 0.2) is 30.3 Å². The molecule has 0 aliphatic rings. The Labute approximate surface area is 108 Å². The fraction of sp³-hybridized carbons (Fsp3) is 0.571. The van der Waals surface area contributed by atoms with Crippen LogP contribution in [0.1, 0.15) is 26.3 Å². The van der Waals surface area contributed by atoms with Crippen LogP contribution in [0.4, 0.5) is 0 Å². The fourth-order valence-electron chi connectivity index (χ4n) is 1.71. The lowest BCUT2D eigenvalue weighted by atomic mass is 9.95. The van der Waals surface area contributed by atoms with Gasteiger partial charge in [-0.1, -0.05) is 37.3 Å². The zero-order chi connectivity index (χ0) is 12.9. The van der Waals surface area contributed by atoms with Crippen LogP contribution in [0, 0.1) is 5.92 Å². The first-order chi connectivity index (χ1) is 7.97. The number of thioether (sulfide) groups is 1. The molecule has 1 aromatic rings. The van der Waals surface area contributed by atoms with Gasteiger partial charge in [-0.25, -0.2) is 0 Å². The molecule has 2 atom stereocenters. The molecule has 96 valence electrons. The lowest BCUT2D eigenvalue weighted by Gasteiger charge is -2.33. The second-order valence-electron chi connectivity index (χ2n) is 4.98. The Hall–Kier alpha value is -0.510. The van der Waals surface area contributed by atoms with Gasteiger partial charge >= 0.3 is 0 Å². The summed E-state index contributed by atoms with van der Waals surface area (Å²) in [6, 6.07) is 10.2. The maximum Gasteiger partial charge on any atom is 0.0728 e. The molecule has 0 heterocycles. The van der Waals surface area contributed by atoms with Crippen molar-refractivity contribution >= 4 is 11.8 Å². The third-order valence-electron chi connectivity index (χ3n) is 2.99. The van der Waals surface area contributed by atoms with Gasteiger partial charge in [0.2, 0.25) is 0 Å². The van der Waals surface area contributed by atoms with E-state index >= 15 is 0 Å². The van der Waals surface area contributed by atoms with Crippen molar-refractivity contribution in [1.82, 2.24) is 0 Å². The SMILES string of the molecule is C[C@@H](CO)[C@H](O)C(C)(C)SCc1ccccc1. The first-order valence-corrected chi connectivity index (χ1v) is 6.92. The third-order valence-corrected chi connectivity index (χ3v) is 4.46. The van der Waals surface area contributed by atoms with Crippen LogP contribution in [0.5, 0.6) is 0 Å². The molecule has 0 aliphatic carbocycles. The highest BCUT2D eigenvalue weighted by Crippen LogP contribution is 2.34. The first-order valence-electron chi connectivity index (χ1n) is 5.94. The molecule has 1 aromatic carbocycles. The van der Waals surface area contributed by atoms with Crippen molar-refractivity contribution in [1.29, 1.82) is 0 Å². The first kappa shape index (κ1) is 14.6. The Morgan fingerprint density at radius 2 is 1.82 bits per heavy atom. The van der Waals surface area contributed by atoms with Gasteiger partial charge in [-0.2, -0.15) is 0 Å². The highest BCUT2D eigenvalue weighted by molar-refractivity contribution is 7.99. The minimum absolute atomic E-state index is 0.0243. The molecule has 1 rings (SSSR count). The van der Waals surface area contributed by atoms with Gasteiger partial charge in [0.05, 0.1) is 6.10 Å². The average molecular weight is 254 g/mol. The fourth-order valence-corrected chi connectivity index (χ4v) is 2.85. The highest BCUT2D eigenvalue weighted by Gasteiger charge is 2.32. The van der Waals surface area contributed by atoms with Crippen molar-refractivity contribution < 1.29 is 10.2 Å². The number of rotatable bonds is 6. The second-order valence-corrected chi connectivity index (χ2v) is 6.61. The molecule has 2 N–H and O–H groups in total. The highest BCUT2D eigenvalue weighted by atomic mass is 32.2. The molecule has 3 heteroatoms. The van der Waals surface area contributed by atoms with Crippen molar-refractivity contribution in [2.75, 3.05) is 6.61 Å². The van der Waals surface area contributed by atoms with Gasteiger partial charge < -0.3 is 10.2 Å². The van der Waals surface area contributed by atoms with E-state index in [9.17, 15) is 5.11 Å². The Morgan fingerprint density at radius 1 is 1.24 bits per heavy atom. The summed E-state index contributed by atoms with van der Waals surface area (Å²) < 4.78 is -0.252. The van der Waals surface area contributed by atoms with Crippen molar-refractivity contribution in [3.8, 4) is 0 Å². The maximum absolute atomic E-state index is 10.1. The summed E-state index contributed by atoms with van der Waals surface area (Å²) in [5, 5.41) is 19.2. The molecule has 0 amide bonds. The predicted molar refractivity (Wildman–Crippen MR) is 74.1 cm³/mol. The standard InChI is InChI=1S/C14H22O2S/c1-11(9-15)13(16)14(2,3)17-10-12-7-5-4-6-8-12/h4-8,11,13,15-16H,9-10H2,1-3H3/t11-,13-/m0/s1. The van der Waals surface area contributed by atoms with Crippen molar-refractivity contribution in [3.63, 3.8) is 0 Å². The molecule has 0 unspecified atom stereocenters. The predicted octanol–water partition coefficient (Wildman–Crippen LogP) is 2.69. The van der Waals surface area contributed by atoms with Crippen LogP contribution in [0.3, 0.4) is 0 Å². The van der Waals surface area contributed by atoms with Gasteiger partial charge in [0.1, 0.15) is 0 Å². The Balaban J connectivity index is 2.55. The number of aliphatic hydroxyl groups is 2. The number of hydrogen-bond donors (Lipinski definition) is 2. The Bertz CT molecular complexity index is 324. The van der Waals surface area contributed by atoms with Gasteiger partial charge in [-0.05, 0) is 19.4 Å². The largest absolute Gasteiger partial charge is 0.396 e. The summed E-state index contributed by atoms with van der Waals surface area (Å²) in [5.41, 5.74) is 1.26. The van der Waals surface area contributed by atoms with Crippen molar-refractivity contribution in [2.24, 2.45) is 5.92 Å². The van der Waals surface area contributed by atoms with E-state index in [2.05, 4.69) is 12.1 Å². The van der Waals surface area contributed by atoms with E-state index in [4.69, 9.17) is 5.11 Å². The van der Waals surface area contributed by atoms with Crippen LogP contribution in [0.2, 0.25) is 0 Å². The summed E-state index contributed by atoms with van der Waals surface area (Å²) in [7, 11) is 0. The molecular formula is C14H22O2S. The van der Waals surface area contributed by atoms with Crippen LogP contribution in [-0.4, -0.2) is 27.7 Å². The number of benzene rings is 1. The van der Waals surface area contributed by atoms with Gasteiger partial charge in [-0.3, -0.25) is 0 Å². The molecule has 17 heavy (non-hydrogen) atoms. The average Bonchev–Trinajstić information content (AvgIpc) is 2.36. The maximum atomic E-state index is 10.1. The van der Waals surface area contributed by atoms with Gasteiger partial charge in [0, 0.05) is 23.0 Å². The monoisotopic (exact) mass is 254 g/mol. The van der Waals surface area contributed by atoms with Crippen molar-refractivity contribution in [3.05, 3.63) is 35.9 Å². The molecule has 2 nitrogen and oxygen atoms in total. The molecule has 0 saturated heterocycles. The van der Waals surface area contributed by atoms with Gasteiger partial charge in [0.25, 0.3) is 0 Å². The summed E-state index contributed by atoms with van der Waals surface area (Å²) in [5.74, 6) is 0.788. The Kier molecular flexibility index (Phi) is 5.50. The van der Waals surface area contributed by atoms with E-state index in [0.29, 0.717) is 0 Å². The van der Waals surface area contributed by atoms with Crippen molar-refractivity contribution in [2.45, 2.75) is 37.4 Å². The van der Waals surface area contributed by atoms with Crippen LogP contribution < -0.4 is 0 Å². The van der Waals surface area contributed by atoms with E-state index < -0.39 is 6.10 Å². The number of hydrogen-bond acceptors (Lipinski definition) is 3. The van der Waals surface area contributed by atoms with E-state index in [1.54, 1.807) is 11.8 Å². The van der Waals surface area contributed by atoms with E-state index in [0.717, 1.165) is 5.75 Å². The van der Waals surface area contributed by atoms with Gasteiger partial charge in [-0.15, -0.1) is 11.8 Å². The van der Waals surface area contributed by atoms with Crippen LogP contribution >= 0.6 is 11.8 Å². The summed E-state index contributed by atoms with van der Waals surface area (Å²) in [6.45, 7) is 5.95. The molecule has 0 bridgehead atoms. The third kappa shape index (κ3) is 4.34. The number of aliphatic hydroxyl groups excluding tert-OH is 2. The zero-order valence-electron chi connectivity index (χ0n) is 10.8. The summed E-state index contributed by atoms with van der Waals surface area (Å²) in [6.07, 6.45) is -0.499. The quantitative estimate of drug-likeness (QED) is 0.820. The van der Waals surface area contributed by atoms with Crippen LogP contribution in [0.25, 0.3) is 0 Å². The van der Waals surface area contributed by atoms with Gasteiger partial charge in [0.15, 0.2) is 0 Å². The molecule has 0 aliphatic heterocycles. The summed E-state index contributed by atoms with van der Waals surface area (Å²) >= 11 is 1.72. The molecule has 0 aromatic heterocycles. The molecule has 0 saturated carbocycles. The van der Waals surface area contributed by atoms with Crippen LogP contribution in [-0.2, 0) is 5.75 Å². The van der Waals surface area contributed by atoms with E-state index in [-0.39, 0.29) is 17.3 Å². The van der Waals surface area contributed by atoms with E-state index in [1.165, 1.54) is 5.56 Å². The smallest absolute Gasteiger partial charge is 0.0728 e. The zero-order valence-corrected chi connectivity index (χ0v) is 11.6. The normalized spacial score (nSPS) is 15.6.